The summed E-state index contributed by atoms with van der Waals surface area (Å²) in [7, 11) is 1.82. The number of nitrogens with one attached hydrogen (secondary N) is 2. The number of rotatable bonds is 2. The van der Waals surface area contributed by atoms with Gasteiger partial charge >= 0.3 is 0 Å². The Hall–Kier alpha value is -2.11. The van der Waals surface area contributed by atoms with E-state index >= 15 is 0 Å². The van der Waals surface area contributed by atoms with E-state index < -0.39 is 0 Å². The molecule has 1 unspecified atom stereocenters. The van der Waals surface area contributed by atoms with Crippen LogP contribution in [0.3, 0.4) is 0 Å². The van der Waals surface area contributed by atoms with Gasteiger partial charge in [-0.05, 0) is 24.1 Å². The van der Waals surface area contributed by atoms with Crippen molar-refractivity contribution in [2.24, 2.45) is 0 Å². The minimum atomic E-state index is 0.240. The van der Waals surface area contributed by atoms with Gasteiger partial charge in [-0.1, -0.05) is 0 Å². The lowest BCUT2D eigenvalue weighted by molar-refractivity contribution is 0.481. The van der Waals surface area contributed by atoms with Gasteiger partial charge in [0.2, 0.25) is 11.9 Å². The van der Waals surface area contributed by atoms with E-state index in [2.05, 4.69) is 25.7 Å². The number of aromatic nitrogens is 4. The van der Waals surface area contributed by atoms with Crippen molar-refractivity contribution in [3.8, 4) is 0 Å². The molecule has 3 rings (SSSR count). The van der Waals surface area contributed by atoms with Crippen LogP contribution in [0.4, 0.5) is 11.9 Å². The largest absolute Gasteiger partial charge is 0.356 e. The van der Waals surface area contributed by atoms with Crippen molar-refractivity contribution < 1.29 is 0 Å². The first-order chi connectivity index (χ1) is 8.38. The van der Waals surface area contributed by atoms with Crippen molar-refractivity contribution >= 4 is 11.9 Å². The number of fused-ring (bicyclic) bond motifs is 1. The number of nitrogens with zero attached hydrogens (tertiary/aromatic N) is 4. The van der Waals surface area contributed by atoms with E-state index in [1.165, 1.54) is 5.56 Å². The SMILES string of the molecule is CNc1nc2n(n1)C(c1ccncc1)CCN2. The van der Waals surface area contributed by atoms with Crippen molar-refractivity contribution in [2.45, 2.75) is 12.5 Å². The van der Waals surface area contributed by atoms with Crippen LogP contribution >= 0.6 is 0 Å². The summed E-state index contributed by atoms with van der Waals surface area (Å²) in [4.78, 5) is 8.40. The fraction of sp³-hybridized carbons (Fsp3) is 0.364. The highest BCUT2D eigenvalue weighted by Gasteiger charge is 2.23. The number of pyridine rings is 1. The summed E-state index contributed by atoms with van der Waals surface area (Å²) >= 11 is 0. The topological polar surface area (TPSA) is 67.7 Å². The zero-order valence-corrected chi connectivity index (χ0v) is 9.59. The van der Waals surface area contributed by atoms with Gasteiger partial charge in [0, 0.05) is 26.0 Å². The lowest BCUT2D eigenvalue weighted by atomic mass is 10.0. The number of hydrogen-bond donors (Lipinski definition) is 2. The molecule has 0 amide bonds. The van der Waals surface area contributed by atoms with Gasteiger partial charge in [0.25, 0.3) is 0 Å². The Morgan fingerprint density at radius 1 is 1.41 bits per heavy atom. The summed E-state index contributed by atoms with van der Waals surface area (Å²) in [6.45, 7) is 0.912. The van der Waals surface area contributed by atoms with E-state index in [0.717, 1.165) is 18.9 Å². The van der Waals surface area contributed by atoms with E-state index in [1.807, 2.05) is 36.3 Å². The van der Waals surface area contributed by atoms with E-state index in [9.17, 15) is 0 Å². The Morgan fingerprint density at radius 2 is 2.24 bits per heavy atom. The van der Waals surface area contributed by atoms with Gasteiger partial charge < -0.3 is 10.6 Å². The van der Waals surface area contributed by atoms with Crippen LogP contribution in [0.25, 0.3) is 0 Å². The molecule has 0 aliphatic carbocycles. The van der Waals surface area contributed by atoms with E-state index in [0.29, 0.717) is 5.95 Å². The Balaban J connectivity index is 2.02. The molecule has 1 atom stereocenters. The average molecular weight is 230 g/mol. The zero-order chi connectivity index (χ0) is 11.7. The molecular weight excluding hydrogens is 216 g/mol. The quantitative estimate of drug-likeness (QED) is 0.809. The van der Waals surface area contributed by atoms with Gasteiger partial charge in [-0.25, -0.2) is 4.68 Å². The van der Waals surface area contributed by atoms with E-state index in [-0.39, 0.29) is 6.04 Å². The van der Waals surface area contributed by atoms with Crippen LogP contribution in [0, 0.1) is 0 Å². The second-order valence-electron chi connectivity index (χ2n) is 3.97. The van der Waals surface area contributed by atoms with Crippen LogP contribution in [0.15, 0.2) is 24.5 Å². The first-order valence-corrected chi connectivity index (χ1v) is 5.66. The first kappa shape index (κ1) is 10.1. The van der Waals surface area contributed by atoms with Gasteiger partial charge in [-0.3, -0.25) is 4.98 Å². The van der Waals surface area contributed by atoms with Gasteiger partial charge in [0.05, 0.1) is 6.04 Å². The second-order valence-corrected chi connectivity index (χ2v) is 3.97. The van der Waals surface area contributed by atoms with Gasteiger partial charge in [0.15, 0.2) is 0 Å². The zero-order valence-electron chi connectivity index (χ0n) is 9.59. The molecule has 0 spiro atoms. The highest BCUT2D eigenvalue weighted by molar-refractivity contribution is 5.38. The fourth-order valence-corrected chi connectivity index (χ4v) is 2.10. The Kier molecular flexibility index (Phi) is 2.40. The summed E-state index contributed by atoms with van der Waals surface area (Å²) in [6, 6.07) is 4.30. The summed E-state index contributed by atoms with van der Waals surface area (Å²) in [5.41, 5.74) is 1.22. The molecule has 88 valence electrons. The Labute approximate surface area is 99.1 Å². The molecule has 0 saturated heterocycles. The van der Waals surface area contributed by atoms with Crippen molar-refractivity contribution in [3.05, 3.63) is 30.1 Å². The van der Waals surface area contributed by atoms with Gasteiger partial charge in [0.1, 0.15) is 0 Å². The third-order valence-corrected chi connectivity index (χ3v) is 2.94. The van der Waals surface area contributed by atoms with Crippen LogP contribution in [0.1, 0.15) is 18.0 Å². The van der Waals surface area contributed by atoms with Crippen LogP contribution in [0.2, 0.25) is 0 Å². The number of anilines is 2. The molecule has 1 aliphatic rings. The molecule has 0 radical (unpaired) electrons. The fourth-order valence-electron chi connectivity index (χ4n) is 2.10. The molecular formula is C11H14N6. The predicted molar refractivity (Wildman–Crippen MR) is 65.1 cm³/mol. The molecule has 6 heteroatoms. The molecule has 0 fully saturated rings. The molecule has 0 aromatic carbocycles. The maximum Gasteiger partial charge on any atom is 0.243 e. The summed E-state index contributed by atoms with van der Waals surface area (Å²) in [5, 5.41) is 10.7. The standard InChI is InChI=1S/C11H14N6/c1-12-10-15-11-14-7-4-9(17(11)16-10)8-2-5-13-6-3-8/h2-3,5-6,9H,4,7H2,1H3,(H2,12,14,15,16). The van der Waals surface area contributed by atoms with Crippen molar-refractivity contribution in [1.29, 1.82) is 0 Å². The van der Waals surface area contributed by atoms with Gasteiger partial charge in [-0.2, -0.15) is 4.98 Å². The molecule has 1 aliphatic heterocycles. The van der Waals surface area contributed by atoms with Crippen LogP contribution in [0.5, 0.6) is 0 Å². The molecule has 0 saturated carbocycles. The molecule has 3 heterocycles. The third-order valence-electron chi connectivity index (χ3n) is 2.94. The van der Waals surface area contributed by atoms with E-state index in [1.54, 1.807) is 0 Å². The normalized spacial score (nSPS) is 18.3. The van der Waals surface area contributed by atoms with E-state index in [4.69, 9.17) is 0 Å². The maximum absolute atomic E-state index is 4.44. The molecule has 2 N–H and O–H groups in total. The Morgan fingerprint density at radius 3 is 3.00 bits per heavy atom. The second kappa shape index (κ2) is 4.04. The molecule has 17 heavy (non-hydrogen) atoms. The highest BCUT2D eigenvalue weighted by atomic mass is 15.5. The molecule has 6 nitrogen and oxygen atoms in total. The van der Waals surface area contributed by atoms with Crippen LogP contribution in [-0.2, 0) is 0 Å². The minimum absolute atomic E-state index is 0.240. The smallest absolute Gasteiger partial charge is 0.243 e. The summed E-state index contributed by atoms with van der Waals surface area (Å²) in [5.74, 6) is 1.47. The van der Waals surface area contributed by atoms with Gasteiger partial charge in [-0.15, -0.1) is 5.10 Å². The summed E-state index contributed by atoms with van der Waals surface area (Å²) < 4.78 is 1.94. The lowest BCUT2D eigenvalue weighted by Crippen LogP contribution is -2.24. The lowest BCUT2D eigenvalue weighted by Gasteiger charge is -2.24. The number of hydrogen-bond acceptors (Lipinski definition) is 5. The van der Waals surface area contributed by atoms with Crippen molar-refractivity contribution in [3.63, 3.8) is 0 Å². The maximum atomic E-state index is 4.44. The predicted octanol–water partition coefficient (Wildman–Crippen LogP) is 1.12. The Bertz CT molecular complexity index is 506. The average Bonchev–Trinajstić information content (AvgIpc) is 2.82. The molecule has 2 aromatic heterocycles. The third kappa shape index (κ3) is 1.71. The minimum Gasteiger partial charge on any atom is -0.356 e. The molecule has 2 aromatic rings. The highest BCUT2D eigenvalue weighted by Crippen LogP contribution is 2.28. The monoisotopic (exact) mass is 230 g/mol. The van der Waals surface area contributed by atoms with Crippen LogP contribution in [-0.4, -0.2) is 33.3 Å². The van der Waals surface area contributed by atoms with Crippen molar-refractivity contribution in [1.82, 2.24) is 19.7 Å². The molecule has 0 bridgehead atoms. The summed E-state index contributed by atoms with van der Waals surface area (Å²) in [6.07, 6.45) is 4.63. The van der Waals surface area contributed by atoms with Crippen molar-refractivity contribution in [2.75, 3.05) is 24.2 Å². The van der Waals surface area contributed by atoms with Crippen LogP contribution < -0.4 is 10.6 Å². The first-order valence-electron chi connectivity index (χ1n) is 5.66.